The summed E-state index contributed by atoms with van der Waals surface area (Å²) in [5.41, 5.74) is 3.40. The van der Waals surface area contributed by atoms with Crippen LogP contribution < -0.4 is 5.32 Å². The third kappa shape index (κ3) is 4.17. The minimum absolute atomic E-state index is 0.233. The second-order valence-corrected chi connectivity index (χ2v) is 7.73. The van der Waals surface area contributed by atoms with E-state index in [-0.39, 0.29) is 11.8 Å². The van der Waals surface area contributed by atoms with Gasteiger partial charge in [-0.1, -0.05) is 39.0 Å². The van der Waals surface area contributed by atoms with Crippen LogP contribution in [0.5, 0.6) is 0 Å². The lowest BCUT2D eigenvalue weighted by atomic mass is 9.94. The molecule has 1 N–H and O–H groups in total. The van der Waals surface area contributed by atoms with E-state index in [9.17, 15) is 9.59 Å². The van der Waals surface area contributed by atoms with Gasteiger partial charge >= 0.3 is 5.97 Å². The molecule has 0 spiro atoms. The highest BCUT2D eigenvalue weighted by atomic mass is 16.5. The Balaban J connectivity index is 2.05. The van der Waals surface area contributed by atoms with Gasteiger partial charge in [-0.3, -0.25) is 14.7 Å². The van der Waals surface area contributed by atoms with Crippen LogP contribution in [0.25, 0.3) is 10.9 Å². The van der Waals surface area contributed by atoms with Gasteiger partial charge in [0.05, 0.1) is 18.2 Å². The van der Waals surface area contributed by atoms with Gasteiger partial charge < -0.3 is 10.1 Å². The smallest absolute Gasteiger partial charge is 0.328 e. The van der Waals surface area contributed by atoms with Crippen LogP contribution in [0.1, 0.15) is 48.8 Å². The Kier molecular flexibility index (Phi) is 6.29. The molecule has 28 heavy (non-hydrogen) atoms. The Morgan fingerprint density at radius 2 is 2.04 bits per heavy atom. The number of nitrogens with zero attached hydrogens (tertiary/aromatic N) is 2. The fourth-order valence-electron chi connectivity index (χ4n) is 3.83. The normalized spacial score (nSPS) is 15.3. The van der Waals surface area contributed by atoms with Crippen LogP contribution in [-0.2, 0) is 22.5 Å². The van der Waals surface area contributed by atoms with Crippen molar-refractivity contribution in [2.24, 2.45) is 5.92 Å². The molecule has 1 aromatic carbocycles. The molecule has 2 heterocycles. The van der Waals surface area contributed by atoms with Crippen LogP contribution >= 0.6 is 0 Å². The zero-order valence-corrected chi connectivity index (χ0v) is 17.1. The summed E-state index contributed by atoms with van der Waals surface area (Å²) in [5.74, 6) is -0.392. The van der Waals surface area contributed by atoms with Gasteiger partial charge in [0.15, 0.2) is 0 Å². The lowest BCUT2D eigenvalue weighted by Crippen LogP contribution is -2.43. The quantitative estimate of drug-likeness (QED) is 0.777. The van der Waals surface area contributed by atoms with Crippen molar-refractivity contribution in [1.29, 1.82) is 0 Å². The number of fused-ring (bicyclic) bond motifs is 2. The SMILES string of the molecule is CCN1CCc2nc3ccccc3c(C(=O)NC(CC(C)C)C(=O)OC)c2C1. The highest BCUT2D eigenvalue weighted by molar-refractivity contribution is 6.08. The molecule has 1 aliphatic heterocycles. The Labute approximate surface area is 166 Å². The number of esters is 1. The van der Waals surface area contributed by atoms with E-state index in [0.717, 1.165) is 41.7 Å². The highest BCUT2D eigenvalue weighted by Crippen LogP contribution is 2.28. The number of aromatic nitrogens is 1. The van der Waals surface area contributed by atoms with Crippen molar-refractivity contribution in [3.8, 4) is 0 Å². The van der Waals surface area contributed by atoms with Crippen LogP contribution in [0.2, 0.25) is 0 Å². The molecule has 0 radical (unpaired) electrons. The number of ether oxygens (including phenoxy) is 1. The number of hydrogen-bond donors (Lipinski definition) is 1. The van der Waals surface area contributed by atoms with Crippen molar-refractivity contribution in [3.05, 3.63) is 41.1 Å². The molecule has 6 nitrogen and oxygen atoms in total. The number of rotatable bonds is 6. The van der Waals surface area contributed by atoms with E-state index in [1.807, 2.05) is 38.1 Å². The zero-order chi connectivity index (χ0) is 20.3. The molecule has 3 rings (SSSR count). The predicted octanol–water partition coefficient (Wildman–Crippen LogP) is 2.93. The van der Waals surface area contributed by atoms with Crippen molar-refractivity contribution in [1.82, 2.24) is 15.2 Å². The van der Waals surface area contributed by atoms with Crippen molar-refractivity contribution in [2.75, 3.05) is 20.2 Å². The van der Waals surface area contributed by atoms with Crippen LogP contribution in [-0.4, -0.2) is 48.0 Å². The summed E-state index contributed by atoms with van der Waals surface area (Å²) < 4.78 is 4.91. The summed E-state index contributed by atoms with van der Waals surface area (Å²) in [4.78, 5) is 32.7. The maximum atomic E-state index is 13.4. The molecule has 0 fully saturated rings. The number of amides is 1. The highest BCUT2D eigenvalue weighted by Gasteiger charge is 2.28. The Hall–Kier alpha value is -2.47. The second kappa shape index (κ2) is 8.69. The summed E-state index contributed by atoms with van der Waals surface area (Å²) in [6.45, 7) is 8.71. The lowest BCUT2D eigenvalue weighted by Gasteiger charge is -2.29. The number of nitrogens with one attached hydrogen (secondary N) is 1. The second-order valence-electron chi connectivity index (χ2n) is 7.73. The summed E-state index contributed by atoms with van der Waals surface area (Å²) in [7, 11) is 1.35. The van der Waals surface area contributed by atoms with Gasteiger partial charge in [-0.15, -0.1) is 0 Å². The molecular formula is C22H29N3O3. The van der Waals surface area contributed by atoms with Crippen LogP contribution in [0.15, 0.2) is 24.3 Å². The number of benzene rings is 1. The first-order chi connectivity index (χ1) is 13.4. The summed E-state index contributed by atoms with van der Waals surface area (Å²) in [6.07, 6.45) is 1.35. The minimum atomic E-state index is -0.661. The molecule has 0 saturated heterocycles. The van der Waals surface area contributed by atoms with E-state index in [0.29, 0.717) is 18.5 Å². The fraction of sp³-hybridized carbons (Fsp3) is 0.500. The largest absolute Gasteiger partial charge is 0.467 e. The first-order valence-corrected chi connectivity index (χ1v) is 9.96. The molecule has 6 heteroatoms. The summed E-state index contributed by atoms with van der Waals surface area (Å²) >= 11 is 0. The van der Waals surface area contributed by atoms with Gasteiger partial charge in [0.2, 0.25) is 0 Å². The summed E-state index contributed by atoms with van der Waals surface area (Å²) in [5, 5.41) is 3.75. The Morgan fingerprint density at radius 1 is 1.29 bits per heavy atom. The summed E-state index contributed by atoms with van der Waals surface area (Å²) in [6, 6.07) is 7.05. The maximum absolute atomic E-state index is 13.4. The van der Waals surface area contributed by atoms with Crippen LogP contribution in [0, 0.1) is 5.92 Å². The van der Waals surface area contributed by atoms with E-state index >= 15 is 0 Å². The zero-order valence-electron chi connectivity index (χ0n) is 17.1. The predicted molar refractivity (Wildman–Crippen MR) is 109 cm³/mol. The monoisotopic (exact) mass is 383 g/mol. The Morgan fingerprint density at radius 3 is 2.71 bits per heavy atom. The molecular weight excluding hydrogens is 354 g/mol. The van der Waals surface area contributed by atoms with Crippen molar-refractivity contribution in [2.45, 2.75) is 46.2 Å². The maximum Gasteiger partial charge on any atom is 0.328 e. The number of hydrogen-bond acceptors (Lipinski definition) is 5. The third-order valence-electron chi connectivity index (χ3n) is 5.30. The minimum Gasteiger partial charge on any atom is -0.467 e. The number of pyridine rings is 1. The number of methoxy groups -OCH3 is 1. The number of carbonyl (C=O) groups is 2. The Bertz CT molecular complexity index is 879. The standard InChI is InChI=1S/C22H29N3O3/c1-5-25-11-10-18-16(13-25)20(15-8-6-7-9-17(15)23-18)21(26)24-19(12-14(2)3)22(27)28-4/h6-9,14,19H,5,10-13H2,1-4H3,(H,24,26). The van der Waals surface area contributed by atoms with Crippen molar-refractivity contribution >= 4 is 22.8 Å². The van der Waals surface area contributed by atoms with Gasteiger partial charge in [0.25, 0.3) is 5.91 Å². The molecule has 0 bridgehead atoms. The molecule has 2 aromatic rings. The van der Waals surface area contributed by atoms with Crippen LogP contribution in [0.4, 0.5) is 0 Å². The van der Waals surface area contributed by atoms with Gasteiger partial charge in [-0.25, -0.2) is 4.79 Å². The molecule has 0 aliphatic carbocycles. The van der Waals surface area contributed by atoms with Crippen molar-refractivity contribution < 1.29 is 14.3 Å². The molecule has 1 aliphatic rings. The molecule has 1 amide bonds. The molecule has 1 unspecified atom stereocenters. The van der Waals surface area contributed by atoms with E-state index in [1.54, 1.807) is 0 Å². The van der Waals surface area contributed by atoms with Gasteiger partial charge in [-0.2, -0.15) is 0 Å². The van der Waals surface area contributed by atoms with Gasteiger partial charge in [0.1, 0.15) is 6.04 Å². The average Bonchev–Trinajstić information content (AvgIpc) is 2.69. The third-order valence-corrected chi connectivity index (χ3v) is 5.30. The number of carbonyl (C=O) groups excluding carboxylic acids is 2. The number of para-hydroxylation sites is 1. The first-order valence-electron chi connectivity index (χ1n) is 9.96. The molecule has 0 saturated carbocycles. The van der Waals surface area contributed by atoms with E-state index < -0.39 is 12.0 Å². The molecule has 150 valence electrons. The molecule has 1 aromatic heterocycles. The van der Waals surface area contributed by atoms with E-state index in [2.05, 4.69) is 17.1 Å². The van der Waals surface area contributed by atoms with E-state index in [1.165, 1.54) is 7.11 Å². The average molecular weight is 383 g/mol. The van der Waals surface area contributed by atoms with Crippen molar-refractivity contribution in [3.63, 3.8) is 0 Å². The number of likely N-dealkylation sites (N-methyl/N-ethyl adjacent to an activating group) is 1. The fourth-order valence-corrected chi connectivity index (χ4v) is 3.83. The van der Waals surface area contributed by atoms with E-state index in [4.69, 9.17) is 9.72 Å². The van der Waals surface area contributed by atoms with Gasteiger partial charge in [-0.05, 0) is 24.9 Å². The topological polar surface area (TPSA) is 71.5 Å². The lowest BCUT2D eigenvalue weighted by molar-refractivity contribution is -0.143. The first kappa shape index (κ1) is 20.3. The molecule has 1 atom stereocenters. The van der Waals surface area contributed by atoms with Crippen LogP contribution in [0.3, 0.4) is 0 Å². The van der Waals surface area contributed by atoms with Gasteiger partial charge in [0, 0.05) is 36.2 Å².